The Bertz CT molecular complexity index is 1010. The Morgan fingerprint density at radius 1 is 0.517 bits per heavy atom. The molecule has 5 heteroatoms. The molecule has 4 aromatic rings. The molecular weight excluding hydrogens is 380 g/mol. The first-order chi connectivity index (χ1) is 14.2. The zero-order chi connectivity index (χ0) is 20.1. The molecule has 0 aliphatic rings. The third-order valence-corrected chi connectivity index (χ3v) is 5.13. The van der Waals surface area contributed by atoms with Crippen molar-refractivity contribution in [3.63, 3.8) is 0 Å². The van der Waals surface area contributed by atoms with E-state index in [-0.39, 0.29) is 0 Å². The van der Waals surface area contributed by atoms with E-state index in [2.05, 4.69) is 0 Å². The van der Waals surface area contributed by atoms with Gasteiger partial charge in [-0.05, 0) is 60.7 Å². The van der Waals surface area contributed by atoms with Crippen molar-refractivity contribution in [3.05, 3.63) is 97.1 Å². The average molecular weight is 401 g/mol. The minimum Gasteiger partial charge on any atom is -0.455 e. The maximum absolute atomic E-state index is 6.09. The van der Waals surface area contributed by atoms with Crippen LogP contribution in [0, 0.1) is 0 Å². The predicted molar refractivity (Wildman–Crippen MR) is 119 cm³/mol. The second kappa shape index (κ2) is 8.63. The van der Waals surface area contributed by atoms with Crippen molar-refractivity contribution in [1.82, 2.24) is 0 Å². The zero-order valence-corrected chi connectivity index (χ0v) is 16.4. The average Bonchev–Trinajstić information content (AvgIpc) is 2.74. The molecule has 0 spiro atoms. The van der Waals surface area contributed by atoms with Gasteiger partial charge < -0.3 is 20.9 Å². The summed E-state index contributed by atoms with van der Waals surface area (Å²) in [6.45, 7) is 0. The fourth-order valence-corrected chi connectivity index (χ4v) is 3.58. The van der Waals surface area contributed by atoms with Gasteiger partial charge in [0.1, 0.15) is 11.5 Å². The number of nitrogens with two attached hydrogens (primary N) is 2. The molecule has 0 aromatic heterocycles. The molecule has 4 nitrogen and oxygen atoms in total. The lowest BCUT2D eigenvalue weighted by Crippen LogP contribution is -1.93. The van der Waals surface area contributed by atoms with E-state index in [1.54, 1.807) is 11.8 Å². The molecule has 0 atom stereocenters. The summed E-state index contributed by atoms with van der Waals surface area (Å²) in [6, 6.07) is 30.6. The lowest BCUT2D eigenvalue weighted by molar-refractivity contribution is 0.483. The highest BCUT2D eigenvalue weighted by Crippen LogP contribution is 2.38. The zero-order valence-electron chi connectivity index (χ0n) is 15.6. The Labute approximate surface area is 174 Å². The van der Waals surface area contributed by atoms with Gasteiger partial charge in [-0.1, -0.05) is 48.2 Å². The van der Waals surface area contributed by atoms with Crippen molar-refractivity contribution in [2.24, 2.45) is 0 Å². The van der Waals surface area contributed by atoms with E-state index in [4.69, 9.17) is 20.9 Å². The molecule has 0 fully saturated rings. The van der Waals surface area contributed by atoms with Crippen molar-refractivity contribution in [3.8, 4) is 23.0 Å². The van der Waals surface area contributed by atoms with E-state index in [9.17, 15) is 0 Å². The Hall–Kier alpha value is -3.57. The molecule has 0 heterocycles. The van der Waals surface area contributed by atoms with E-state index in [0.717, 1.165) is 21.3 Å². The van der Waals surface area contributed by atoms with Crippen LogP contribution in [-0.2, 0) is 0 Å². The number of nitrogen functional groups attached to an aromatic ring is 2. The molecule has 0 radical (unpaired) electrons. The third-order valence-electron chi connectivity index (χ3n) is 4.15. The molecule has 0 saturated carbocycles. The molecule has 0 bridgehead atoms. The number of hydrogen-bond donors (Lipinski definition) is 2. The van der Waals surface area contributed by atoms with Gasteiger partial charge in [0.2, 0.25) is 0 Å². The van der Waals surface area contributed by atoms with Crippen molar-refractivity contribution >= 4 is 23.1 Å². The lowest BCUT2D eigenvalue weighted by Gasteiger charge is -2.12. The summed E-state index contributed by atoms with van der Waals surface area (Å²) in [5.41, 5.74) is 13.4. The van der Waals surface area contributed by atoms with E-state index in [1.165, 1.54) is 0 Å². The number of ether oxygens (including phenoxy) is 2. The van der Waals surface area contributed by atoms with Crippen LogP contribution in [0.3, 0.4) is 0 Å². The minimum atomic E-state index is 0.587. The standard InChI is InChI=1S/C24H20N2O2S/c25-21-13-11-19(15-23(21)27-17-7-3-1-4-8-17)29-20-12-14-22(26)24(16-20)28-18-9-5-2-6-10-18/h1-16H,25-26H2. The first-order valence-electron chi connectivity index (χ1n) is 9.10. The van der Waals surface area contributed by atoms with Gasteiger partial charge in [0.05, 0.1) is 11.4 Å². The Morgan fingerprint density at radius 3 is 1.34 bits per heavy atom. The second-order valence-electron chi connectivity index (χ2n) is 6.33. The molecule has 0 unspecified atom stereocenters. The highest BCUT2D eigenvalue weighted by atomic mass is 32.2. The Kier molecular flexibility index (Phi) is 5.59. The quantitative estimate of drug-likeness (QED) is 0.357. The van der Waals surface area contributed by atoms with Crippen LogP contribution in [0.25, 0.3) is 0 Å². The number of hydrogen-bond acceptors (Lipinski definition) is 5. The number of rotatable bonds is 6. The molecule has 4 aromatic carbocycles. The number of para-hydroxylation sites is 2. The molecule has 0 saturated heterocycles. The van der Waals surface area contributed by atoms with Gasteiger partial charge in [-0.3, -0.25) is 0 Å². The van der Waals surface area contributed by atoms with Crippen LogP contribution in [0.5, 0.6) is 23.0 Å². The third kappa shape index (κ3) is 4.83. The van der Waals surface area contributed by atoms with Crippen molar-refractivity contribution < 1.29 is 9.47 Å². The molecular formula is C24H20N2O2S. The summed E-state index contributed by atoms with van der Waals surface area (Å²) >= 11 is 1.58. The molecule has 0 aliphatic carbocycles. The second-order valence-corrected chi connectivity index (χ2v) is 7.48. The lowest BCUT2D eigenvalue weighted by atomic mass is 10.3. The van der Waals surface area contributed by atoms with E-state index < -0.39 is 0 Å². The summed E-state index contributed by atoms with van der Waals surface area (Å²) < 4.78 is 11.9. The van der Waals surface area contributed by atoms with Gasteiger partial charge in [-0.15, -0.1) is 0 Å². The Morgan fingerprint density at radius 2 is 0.931 bits per heavy atom. The molecule has 144 valence electrons. The first kappa shape index (κ1) is 18.8. The number of benzene rings is 4. The number of anilines is 2. The van der Waals surface area contributed by atoms with Gasteiger partial charge in [0, 0.05) is 9.79 Å². The fraction of sp³-hybridized carbons (Fsp3) is 0. The molecule has 0 amide bonds. The summed E-state index contributed by atoms with van der Waals surface area (Å²) in [5.74, 6) is 2.73. The van der Waals surface area contributed by atoms with Crippen LogP contribution in [0.15, 0.2) is 107 Å². The highest BCUT2D eigenvalue weighted by Gasteiger charge is 2.08. The van der Waals surface area contributed by atoms with E-state index >= 15 is 0 Å². The minimum absolute atomic E-state index is 0.587. The molecule has 0 aliphatic heterocycles. The molecule has 4 rings (SSSR count). The monoisotopic (exact) mass is 400 g/mol. The summed E-state index contributed by atoms with van der Waals surface area (Å²) in [4.78, 5) is 2.00. The molecule has 4 N–H and O–H groups in total. The van der Waals surface area contributed by atoms with Crippen LogP contribution in [-0.4, -0.2) is 0 Å². The van der Waals surface area contributed by atoms with E-state index in [0.29, 0.717) is 22.9 Å². The van der Waals surface area contributed by atoms with Crippen molar-refractivity contribution in [1.29, 1.82) is 0 Å². The van der Waals surface area contributed by atoms with Gasteiger partial charge in [0.25, 0.3) is 0 Å². The van der Waals surface area contributed by atoms with Crippen LogP contribution in [0.2, 0.25) is 0 Å². The maximum atomic E-state index is 6.09. The summed E-state index contributed by atoms with van der Waals surface area (Å²) in [5, 5.41) is 0. The largest absolute Gasteiger partial charge is 0.455 e. The smallest absolute Gasteiger partial charge is 0.151 e. The van der Waals surface area contributed by atoms with E-state index in [1.807, 2.05) is 97.1 Å². The normalized spacial score (nSPS) is 10.5. The van der Waals surface area contributed by atoms with Gasteiger partial charge in [-0.25, -0.2) is 0 Å². The SMILES string of the molecule is Nc1ccc(Sc2ccc(N)c(Oc3ccccc3)c2)cc1Oc1ccccc1. The van der Waals surface area contributed by atoms with Crippen molar-refractivity contribution in [2.45, 2.75) is 9.79 Å². The topological polar surface area (TPSA) is 70.5 Å². The summed E-state index contributed by atoms with van der Waals surface area (Å²) in [6.07, 6.45) is 0. The van der Waals surface area contributed by atoms with Gasteiger partial charge in [-0.2, -0.15) is 0 Å². The van der Waals surface area contributed by atoms with Crippen LogP contribution in [0.4, 0.5) is 11.4 Å². The highest BCUT2D eigenvalue weighted by molar-refractivity contribution is 7.99. The van der Waals surface area contributed by atoms with Crippen molar-refractivity contribution in [2.75, 3.05) is 11.5 Å². The van der Waals surface area contributed by atoms with Crippen LogP contribution in [0.1, 0.15) is 0 Å². The van der Waals surface area contributed by atoms with Crippen LogP contribution >= 0.6 is 11.8 Å². The molecule has 29 heavy (non-hydrogen) atoms. The van der Waals surface area contributed by atoms with Gasteiger partial charge >= 0.3 is 0 Å². The fourth-order valence-electron chi connectivity index (χ4n) is 2.70. The first-order valence-corrected chi connectivity index (χ1v) is 9.92. The van der Waals surface area contributed by atoms with Gasteiger partial charge in [0.15, 0.2) is 11.5 Å². The predicted octanol–water partition coefficient (Wildman–Crippen LogP) is 6.59. The summed E-state index contributed by atoms with van der Waals surface area (Å²) in [7, 11) is 0. The van der Waals surface area contributed by atoms with Crippen LogP contribution < -0.4 is 20.9 Å². The maximum Gasteiger partial charge on any atom is 0.151 e. The Balaban J connectivity index is 1.54.